The second-order valence-corrected chi connectivity index (χ2v) is 7.38. The van der Waals surface area contributed by atoms with Gasteiger partial charge in [-0.3, -0.25) is 9.79 Å². The third-order valence-electron chi connectivity index (χ3n) is 4.96. The number of nitrogens with zero attached hydrogens (tertiary/aromatic N) is 3. The number of carbonyl (C=O) groups excluding carboxylic acids is 1. The Labute approximate surface area is 160 Å². The van der Waals surface area contributed by atoms with Crippen LogP contribution in [-0.4, -0.2) is 63.1 Å². The van der Waals surface area contributed by atoms with Crippen LogP contribution >= 0.6 is 11.6 Å². The minimum Gasteiger partial charge on any atom is -0.368 e. The van der Waals surface area contributed by atoms with Gasteiger partial charge in [0.15, 0.2) is 5.96 Å². The number of guanidine groups is 1. The van der Waals surface area contributed by atoms with Crippen LogP contribution in [0.4, 0.5) is 5.69 Å². The van der Waals surface area contributed by atoms with Crippen LogP contribution in [0.25, 0.3) is 0 Å². The predicted molar refractivity (Wildman–Crippen MR) is 107 cm³/mol. The van der Waals surface area contributed by atoms with E-state index in [2.05, 4.69) is 38.4 Å². The fraction of sp³-hybridized carbons (Fsp3) is 0.579. The minimum absolute atomic E-state index is 0.187. The molecule has 1 aliphatic carbocycles. The SMILES string of the molecule is CN=C(NCCNC(=O)C1CC1)N1CCN(c2cc(Cl)ccc2C)CC1. The molecular weight excluding hydrogens is 350 g/mol. The minimum atomic E-state index is 0.187. The molecule has 0 unspecified atom stereocenters. The maximum Gasteiger partial charge on any atom is 0.223 e. The van der Waals surface area contributed by atoms with Crippen molar-refractivity contribution in [3.05, 3.63) is 28.8 Å². The summed E-state index contributed by atoms with van der Waals surface area (Å²) in [7, 11) is 1.80. The first kappa shape index (κ1) is 18.8. The van der Waals surface area contributed by atoms with Crippen molar-refractivity contribution in [1.29, 1.82) is 0 Å². The molecule has 0 bridgehead atoms. The molecule has 0 spiro atoms. The lowest BCUT2D eigenvalue weighted by Gasteiger charge is -2.38. The van der Waals surface area contributed by atoms with Crippen LogP contribution in [0.2, 0.25) is 5.02 Å². The summed E-state index contributed by atoms with van der Waals surface area (Å²) in [5.74, 6) is 1.35. The second-order valence-electron chi connectivity index (χ2n) is 6.94. The Morgan fingerprint density at radius 2 is 1.88 bits per heavy atom. The summed E-state index contributed by atoms with van der Waals surface area (Å²) in [6.07, 6.45) is 2.08. The molecule has 3 rings (SSSR count). The molecule has 1 saturated heterocycles. The molecule has 1 saturated carbocycles. The highest BCUT2D eigenvalue weighted by Crippen LogP contribution is 2.28. The predicted octanol–water partition coefficient (Wildman–Crippen LogP) is 1.87. The maximum absolute atomic E-state index is 11.6. The topological polar surface area (TPSA) is 60.0 Å². The summed E-state index contributed by atoms with van der Waals surface area (Å²) in [4.78, 5) is 20.7. The van der Waals surface area contributed by atoms with E-state index in [4.69, 9.17) is 11.6 Å². The third kappa shape index (κ3) is 4.81. The zero-order valence-electron chi connectivity index (χ0n) is 15.6. The molecule has 2 N–H and O–H groups in total. The first-order chi connectivity index (χ1) is 12.6. The van der Waals surface area contributed by atoms with Gasteiger partial charge in [0.1, 0.15) is 0 Å². The number of amides is 1. The zero-order chi connectivity index (χ0) is 18.5. The molecule has 1 aromatic carbocycles. The van der Waals surface area contributed by atoms with E-state index >= 15 is 0 Å². The average Bonchev–Trinajstić information content (AvgIpc) is 3.49. The van der Waals surface area contributed by atoms with Crippen LogP contribution in [0.5, 0.6) is 0 Å². The Morgan fingerprint density at radius 3 is 2.54 bits per heavy atom. The van der Waals surface area contributed by atoms with Gasteiger partial charge in [0.25, 0.3) is 0 Å². The number of anilines is 1. The Balaban J connectivity index is 1.45. The van der Waals surface area contributed by atoms with Gasteiger partial charge in [0, 0.05) is 62.9 Å². The lowest BCUT2D eigenvalue weighted by molar-refractivity contribution is -0.122. The summed E-state index contributed by atoms with van der Waals surface area (Å²) in [6, 6.07) is 6.05. The van der Waals surface area contributed by atoms with Gasteiger partial charge in [0.05, 0.1) is 0 Å². The summed E-state index contributed by atoms with van der Waals surface area (Å²) >= 11 is 6.16. The van der Waals surface area contributed by atoms with Gasteiger partial charge < -0.3 is 20.4 Å². The van der Waals surface area contributed by atoms with E-state index in [1.165, 1.54) is 11.3 Å². The average molecular weight is 378 g/mol. The number of halogens is 1. The third-order valence-corrected chi connectivity index (χ3v) is 5.19. The molecule has 7 heteroatoms. The number of piperazine rings is 1. The molecular formula is C19H28ClN5O. The molecule has 26 heavy (non-hydrogen) atoms. The maximum atomic E-state index is 11.6. The van der Waals surface area contributed by atoms with Crippen molar-refractivity contribution in [2.75, 3.05) is 51.2 Å². The second kappa shape index (κ2) is 8.62. The number of aryl methyl sites for hydroxylation is 1. The van der Waals surface area contributed by atoms with E-state index in [1.54, 1.807) is 7.05 Å². The van der Waals surface area contributed by atoms with Gasteiger partial charge in [0.2, 0.25) is 5.91 Å². The van der Waals surface area contributed by atoms with Gasteiger partial charge in [-0.1, -0.05) is 17.7 Å². The van der Waals surface area contributed by atoms with Crippen molar-refractivity contribution < 1.29 is 4.79 Å². The van der Waals surface area contributed by atoms with Crippen molar-refractivity contribution in [3.63, 3.8) is 0 Å². The molecule has 1 aliphatic heterocycles. The highest BCUT2D eigenvalue weighted by Gasteiger charge is 2.29. The van der Waals surface area contributed by atoms with Crippen LogP contribution in [-0.2, 0) is 4.79 Å². The van der Waals surface area contributed by atoms with E-state index in [0.29, 0.717) is 13.1 Å². The molecule has 2 fully saturated rings. The van der Waals surface area contributed by atoms with E-state index in [9.17, 15) is 4.79 Å². The Bertz CT molecular complexity index is 666. The van der Waals surface area contributed by atoms with Crippen molar-refractivity contribution in [1.82, 2.24) is 15.5 Å². The first-order valence-electron chi connectivity index (χ1n) is 9.33. The number of hydrogen-bond acceptors (Lipinski definition) is 3. The van der Waals surface area contributed by atoms with Gasteiger partial charge in [-0.05, 0) is 37.5 Å². The van der Waals surface area contributed by atoms with E-state index in [-0.39, 0.29) is 11.8 Å². The highest BCUT2D eigenvalue weighted by molar-refractivity contribution is 6.30. The molecule has 0 aromatic heterocycles. The molecule has 2 aliphatic rings. The van der Waals surface area contributed by atoms with Crippen LogP contribution in [0.1, 0.15) is 18.4 Å². The van der Waals surface area contributed by atoms with Gasteiger partial charge in [-0.15, -0.1) is 0 Å². The molecule has 142 valence electrons. The Kier molecular flexibility index (Phi) is 6.25. The fourth-order valence-corrected chi connectivity index (χ4v) is 3.43. The van der Waals surface area contributed by atoms with Gasteiger partial charge >= 0.3 is 0 Å². The molecule has 0 radical (unpaired) electrons. The number of nitrogens with one attached hydrogen (secondary N) is 2. The number of rotatable bonds is 5. The number of aliphatic imine (C=N–C) groups is 1. The summed E-state index contributed by atoms with van der Waals surface area (Å²) < 4.78 is 0. The quantitative estimate of drug-likeness (QED) is 0.467. The van der Waals surface area contributed by atoms with Crippen LogP contribution in [0.3, 0.4) is 0 Å². The molecule has 1 aromatic rings. The van der Waals surface area contributed by atoms with E-state index in [1.807, 2.05) is 12.1 Å². The highest BCUT2D eigenvalue weighted by atomic mass is 35.5. The van der Waals surface area contributed by atoms with Crippen LogP contribution in [0, 0.1) is 12.8 Å². The molecule has 6 nitrogen and oxygen atoms in total. The summed E-state index contributed by atoms with van der Waals surface area (Å²) in [5, 5.41) is 7.10. The Hall–Kier alpha value is -1.95. The number of benzene rings is 1. The number of hydrogen-bond donors (Lipinski definition) is 2. The normalized spacial score (nSPS) is 18.0. The van der Waals surface area contributed by atoms with Gasteiger partial charge in [-0.2, -0.15) is 0 Å². The van der Waals surface area contributed by atoms with E-state index in [0.717, 1.165) is 50.0 Å². The summed E-state index contributed by atoms with van der Waals surface area (Å²) in [5.41, 5.74) is 2.46. The lowest BCUT2D eigenvalue weighted by atomic mass is 10.1. The largest absolute Gasteiger partial charge is 0.368 e. The number of carbonyl (C=O) groups is 1. The van der Waals surface area contributed by atoms with Crippen molar-refractivity contribution in [2.45, 2.75) is 19.8 Å². The van der Waals surface area contributed by atoms with Gasteiger partial charge in [-0.25, -0.2) is 0 Å². The molecule has 1 heterocycles. The summed E-state index contributed by atoms with van der Waals surface area (Å²) in [6.45, 7) is 7.12. The lowest BCUT2D eigenvalue weighted by Crippen LogP contribution is -2.53. The van der Waals surface area contributed by atoms with Crippen molar-refractivity contribution in [3.8, 4) is 0 Å². The van der Waals surface area contributed by atoms with Crippen molar-refractivity contribution in [2.24, 2.45) is 10.9 Å². The van der Waals surface area contributed by atoms with Crippen LogP contribution < -0.4 is 15.5 Å². The standard InChI is InChI=1S/C19H28ClN5O/c1-14-3-6-16(20)13-17(14)24-9-11-25(12-10-24)19(21-2)23-8-7-22-18(26)15-4-5-15/h3,6,13,15H,4-5,7-12H2,1-2H3,(H,21,23)(H,22,26). The van der Waals surface area contributed by atoms with Crippen LogP contribution in [0.15, 0.2) is 23.2 Å². The fourth-order valence-electron chi connectivity index (χ4n) is 3.26. The van der Waals surface area contributed by atoms with Crippen molar-refractivity contribution >= 4 is 29.2 Å². The van der Waals surface area contributed by atoms with E-state index < -0.39 is 0 Å². The monoisotopic (exact) mass is 377 g/mol. The first-order valence-corrected chi connectivity index (χ1v) is 9.70. The Morgan fingerprint density at radius 1 is 1.19 bits per heavy atom. The molecule has 0 atom stereocenters. The smallest absolute Gasteiger partial charge is 0.223 e. The molecule has 1 amide bonds. The zero-order valence-corrected chi connectivity index (χ0v) is 16.4.